The molecule has 3 unspecified atom stereocenters. The normalized spacial score (nSPS) is 12.9. The van der Waals surface area contributed by atoms with Gasteiger partial charge in [0.1, 0.15) is 35.3 Å². The van der Waals surface area contributed by atoms with E-state index >= 15 is 0 Å². The number of hydrogen-bond donors (Lipinski definition) is 3. The van der Waals surface area contributed by atoms with Crippen molar-refractivity contribution >= 4 is 74.2 Å². The van der Waals surface area contributed by atoms with Gasteiger partial charge < -0.3 is 48.1 Å². The van der Waals surface area contributed by atoms with Crippen molar-refractivity contribution in [1.82, 2.24) is 28.7 Å². The lowest BCUT2D eigenvalue weighted by atomic mass is 9.99. The molecule has 0 saturated carbocycles. The molecule has 3 heterocycles. The minimum atomic E-state index is -3.75. The zero-order valence-corrected chi connectivity index (χ0v) is 61.2. The van der Waals surface area contributed by atoms with Gasteiger partial charge in [-0.25, -0.2) is 39.6 Å². The number of ether oxygens (including phenoxy) is 7. The van der Waals surface area contributed by atoms with Crippen LogP contribution in [-0.4, -0.2) is 138 Å². The highest BCUT2D eigenvalue weighted by atomic mass is 35.5. The zero-order chi connectivity index (χ0) is 73.2. The zero-order valence-electron chi connectivity index (χ0n) is 58.0. The standard InChI is InChI=1S/C77H77ClN6O16S3/c1-10-98-70-40-52(24-30-67(70)94-3)64(43-101(7,88)89)84-63-29-23-51(39-60(63)81-77(84)87)57-20-14-17-48(74(57)97-6)34-36-100-72-42-54(26-32-69(72)96-5)66(45-103(9,92)93)83-62-28-22-50(38-59(62)80-76(83)86)56-19-13-16-47(73(56)78)33-35-99-71-41-53(25-31-68(71)95-4)65(44-102(8,90)91)82-61-27-21-49(37-58(61)79-75(82)85)55-18-12-11-15-46(55)2/h11-32,37-42,64-66H,10,33-36,43-45H2,1-9H3,(H,79,85)(H,80,86)(H,81,87). The van der Waals surface area contributed by atoms with Gasteiger partial charge in [0.2, 0.25) is 0 Å². The lowest BCUT2D eigenvalue weighted by Crippen LogP contribution is -2.28. The van der Waals surface area contributed by atoms with E-state index in [1.54, 1.807) is 86.0 Å². The van der Waals surface area contributed by atoms with Crippen molar-refractivity contribution in [3.63, 3.8) is 0 Å². The van der Waals surface area contributed by atoms with Crippen molar-refractivity contribution in [3.8, 4) is 73.6 Å². The number of methoxy groups -OCH3 is 4. The number of H-pyrrole nitrogens is 3. The summed E-state index contributed by atoms with van der Waals surface area (Å²) in [6.45, 7) is 4.38. The number of aromatic nitrogens is 6. The summed E-state index contributed by atoms with van der Waals surface area (Å²) in [6, 6.07) is 47.8. The Hall–Kier alpha value is -10.5. The van der Waals surface area contributed by atoms with Crippen LogP contribution in [0.25, 0.3) is 66.5 Å². The van der Waals surface area contributed by atoms with Gasteiger partial charge in [-0.05, 0) is 142 Å². The van der Waals surface area contributed by atoms with Crippen LogP contribution < -0.4 is 50.2 Å². The van der Waals surface area contributed by atoms with Crippen molar-refractivity contribution < 1.29 is 58.4 Å². The molecule has 536 valence electrons. The average Bonchev–Trinajstić information content (AvgIpc) is 1.65. The molecule has 3 atom stereocenters. The van der Waals surface area contributed by atoms with Gasteiger partial charge in [-0.3, -0.25) is 13.7 Å². The minimum absolute atomic E-state index is 0.0999. The first kappa shape index (κ1) is 72.3. The second kappa shape index (κ2) is 29.8. The highest BCUT2D eigenvalue weighted by Crippen LogP contribution is 2.41. The molecule has 0 aliphatic carbocycles. The van der Waals surface area contributed by atoms with E-state index in [9.17, 15) is 39.6 Å². The molecular formula is C77H77ClN6O16S3. The first-order valence-corrected chi connectivity index (χ1v) is 39.5. The Morgan fingerprint density at radius 1 is 0.408 bits per heavy atom. The summed E-state index contributed by atoms with van der Waals surface area (Å²) < 4.78 is 125. The molecule has 0 bridgehead atoms. The Kier molecular flexibility index (Phi) is 21.0. The summed E-state index contributed by atoms with van der Waals surface area (Å²) in [6.07, 6.45) is 4.01. The van der Waals surface area contributed by atoms with Crippen molar-refractivity contribution in [2.24, 2.45) is 0 Å². The van der Waals surface area contributed by atoms with Gasteiger partial charge in [0.15, 0.2) is 34.5 Å². The summed E-state index contributed by atoms with van der Waals surface area (Å²) in [7, 11) is -4.97. The van der Waals surface area contributed by atoms with E-state index in [-0.39, 0.29) is 24.7 Å². The monoisotopic (exact) mass is 1470 g/mol. The fourth-order valence-corrected chi connectivity index (χ4v) is 16.6. The number of halogens is 1. The fraction of sp³-hybridized carbons (Fsp3) is 0.260. The Labute approximate surface area is 600 Å². The molecule has 12 rings (SSSR count). The molecule has 3 N–H and O–H groups in total. The van der Waals surface area contributed by atoms with E-state index in [4.69, 9.17) is 44.8 Å². The summed E-state index contributed by atoms with van der Waals surface area (Å²) in [5.41, 5.74) is 10.0. The number of imidazole rings is 3. The topological polar surface area (TPSA) is 280 Å². The Balaban J connectivity index is 0.766. The largest absolute Gasteiger partial charge is 0.496 e. The third kappa shape index (κ3) is 15.6. The van der Waals surface area contributed by atoms with Crippen LogP contribution >= 0.6 is 11.6 Å². The molecule has 0 amide bonds. The van der Waals surface area contributed by atoms with Gasteiger partial charge in [0.05, 0.1) is 122 Å². The van der Waals surface area contributed by atoms with Crippen LogP contribution in [0.1, 0.15) is 58.4 Å². The highest BCUT2D eigenvalue weighted by Gasteiger charge is 2.30. The van der Waals surface area contributed by atoms with Gasteiger partial charge >= 0.3 is 17.1 Å². The lowest BCUT2D eigenvalue weighted by molar-refractivity contribution is 0.295. The smallest absolute Gasteiger partial charge is 0.327 e. The quantitative estimate of drug-likeness (QED) is 0.0393. The van der Waals surface area contributed by atoms with E-state index in [1.165, 1.54) is 35.0 Å². The maximum Gasteiger partial charge on any atom is 0.327 e. The Morgan fingerprint density at radius 2 is 0.777 bits per heavy atom. The summed E-state index contributed by atoms with van der Waals surface area (Å²) in [5, 5.41) is 0.420. The molecule has 103 heavy (non-hydrogen) atoms. The van der Waals surface area contributed by atoms with Gasteiger partial charge in [-0.1, -0.05) is 109 Å². The van der Waals surface area contributed by atoms with Crippen LogP contribution in [0.5, 0.6) is 40.2 Å². The van der Waals surface area contributed by atoms with E-state index in [0.717, 1.165) is 46.6 Å². The minimum Gasteiger partial charge on any atom is -0.496 e. The molecule has 0 radical (unpaired) electrons. The number of hydrogen-bond acceptors (Lipinski definition) is 16. The van der Waals surface area contributed by atoms with Gasteiger partial charge in [0, 0.05) is 42.7 Å². The van der Waals surface area contributed by atoms with E-state index in [0.29, 0.717) is 137 Å². The molecule has 22 nitrogen and oxygen atoms in total. The predicted octanol–water partition coefficient (Wildman–Crippen LogP) is 12.2. The third-order valence-corrected chi connectivity index (χ3v) is 21.4. The van der Waals surface area contributed by atoms with E-state index in [2.05, 4.69) is 15.0 Å². The van der Waals surface area contributed by atoms with Crippen LogP contribution in [0.2, 0.25) is 5.02 Å². The summed E-state index contributed by atoms with van der Waals surface area (Å²) in [4.78, 5) is 50.9. The second-order valence-electron chi connectivity index (χ2n) is 25.4. The van der Waals surface area contributed by atoms with Gasteiger partial charge in [-0.15, -0.1) is 0 Å². The molecule has 0 saturated heterocycles. The van der Waals surface area contributed by atoms with Gasteiger partial charge in [-0.2, -0.15) is 0 Å². The molecule has 0 aliphatic heterocycles. The molecule has 3 aromatic heterocycles. The predicted molar refractivity (Wildman–Crippen MR) is 402 cm³/mol. The lowest BCUT2D eigenvalue weighted by Gasteiger charge is -2.21. The van der Waals surface area contributed by atoms with E-state index < -0.39 is 70.5 Å². The van der Waals surface area contributed by atoms with Crippen molar-refractivity contribution in [1.29, 1.82) is 0 Å². The molecule has 0 fully saturated rings. The number of nitrogens with zero attached hydrogens (tertiary/aromatic N) is 3. The molecule has 9 aromatic carbocycles. The number of fused-ring (bicyclic) bond motifs is 3. The molecule has 0 aliphatic rings. The maximum atomic E-state index is 14.3. The molecule has 12 aromatic rings. The molecule has 0 spiro atoms. The SMILES string of the molecule is CCOc1cc(C(CS(C)(=O)=O)n2c(=O)[nH]c3cc(-c4cccc(CCOc5cc(C(CS(C)(=O)=O)n6c(=O)[nH]c7cc(-c8cccc(CCOc9cc(C(CS(C)(=O)=O)n%10c(=O)[nH]c%11cc(-c%12ccccc%12C)ccc%11%10)ccc9OC)c8Cl)ccc76)ccc5OC)c4OC)ccc32)ccc1OC. The van der Waals surface area contributed by atoms with Crippen LogP contribution in [-0.2, 0) is 42.4 Å². The number of rotatable bonds is 29. The molecule has 26 heteroatoms. The fourth-order valence-electron chi connectivity index (χ4n) is 13.5. The highest BCUT2D eigenvalue weighted by molar-refractivity contribution is 7.91. The summed E-state index contributed by atoms with van der Waals surface area (Å²) in [5.74, 6) is 1.57. The first-order chi connectivity index (χ1) is 49.2. The molecular weight excluding hydrogens is 1400 g/mol. The number of nitrogens with one attached hydrogen (secondary N) is 3. The average molecular weight is 1470 g/mol. The van der Waals surface area contributed by atoms with Crippen LogP contribution in [0.15, 0.2) is 184 Å². The van der Waals surface area contributed by atoms with Crippen molar-refractivity contribution in [3.05, 3.63) is 240 Å². The van der Waals surface area contributed by atoms with Crippen molar-refractivity contribution in [2.45, 2.75) is 44.8 Å². The second-order valence-corrected chi connectivity index (χ2v) is 32.3. The summed E-state index contributed by atoms with van der Waals surface area (Å²) >= 11 is 7.23. The number of aromatic amines is 3. The van der Waals surface area contributed by atoms with Gasteiger partial charge in [0.25, 0.3) is 0 Å². The Bertz CT molecular complexity index is 5780. The van der Waals surface area contributed by atoms with Crippen molar-refractivity contribution in [2.75, 3.05) is 84.3 Å². The van der Waals surface area contributed by atoms with Crippen LogP contribution in [0.4, 0.5) is 0 Å². The number of aryl methyl sites for hydroxylation is 1. The third-order valence-electron chi connectivity index (χ3n) is 18.2. The number of sulfone groups is 3. The maximum absolute atomic E-state index is 14.3. The first-order valence-electron chi connectivity index (χ1n) is 32.9. The van der Waals surface area contributed by atoms with Crippen LogP contribution in [0.3, 0.4) is 0 Å². The van der Waals surface area contributed by atoms with Crippen LogP contribution in [0, 0.1) is 6.92 Å². The van der Waals surface area contributed by atoms with E-state index in [1.807, 2.05) is 105 Å². The number of para-hydroxylation sites is 1. The number of benzene rings is 9. The Morgan fingerprint density at radius 3 is 1.17 bits per heavy atom.